The van der Waals surface area contributed by atoms with Crippen molar-refractivity contribution in [2.45, 2.75) is 50.0 Å². The van der Waals surface area contributed by atoms with E-state index in [1.807, 2.05) is 31.2 Å². The maximum absolute atomic E-state index is 13.0. The van der Waals surface area contributed by atoms with Crippen LogP contribution in [-0.2, 0) is 27.7 Å². The van der Waals surface area contributed by atoms with Gasteiger partial charge in [0.25, 0.3) is 0 Å². The second-order valence-corrected chi connectivity index (χ2v) is 9.91. The molecule has 0 bridgehead atoms. The molecule has 2 aromatic rings. The summed E-state index contributed by atoms with van der Waals surface area (Å²) in [5, 5.41) is 3.04. The Hall–Kier alpha value is -2.25. The van der Waals surface area contributed by atoms with E-state index < -0.39 is 10.0 Å². The van der Waals surface area contributed by atoms with Crippen LogP contribution in [0.1, 0.15) is 48.9 Å². The number of pyridine rings is 1. The molecule has 0 saturated carbocycles. The van der Waals surface area contributed by atoms with Crippen molar-refractivity contribution in [3.05, 3.63) is 59.4 Å². The van der Waals surface area contributed by atoms with Crippen LogP contribution in [0.25, 0.3) is 0 Å². The molecule has 7 heteroatoms. The molecule has 1 saturated heterocycles. The number of fused-ring (bicyclic) bond motifs is 1. The van der Waals surface area contributed by atoms with Crippen molar-refractivity contribution in [2.24, 2.45) is 5.92 Å². The Morgan fingerprint density at radius 2 is 1.79 bits per heavy atom. The summed E-state index contributed by atoms with van der Waals surface area (Å²) < 4.78 is 27.6. The molecule has 0 spiro atoms. The highest BCUT2D eigenvalue weighted by atomic mass is 32.2. The molecule has 2 heterocycles. The fourth-order valence-electron chi connectivity index (χ4n) is 4.28. The molecule has 1 fully saturated rings. The van der Waals surface area contributed by atoms with Crippen LogP contribution in [0.3, 0.4) is 0 Å². The third kappa shape index (κ3) is 4.21. The minimum Gasteiger partial charge on any atom is -0.349 e. The van der Waals surface area contributed by atoms with Crippen molar-refractivity contribution in [3.63, 3.8) is 0 Å². The molecule has 1 aromatic carbocycles. The van der Waals surface area contributed by atoms with Crippen LogP contribution in [0, 0.1) is 5.92 Å². The highest BCUT2D eigenvalue weighted by Crippen LogP contribution is 2.29. The van der Waals surface area contributed by atoms with E-state index in [4.69, 9.17) is 0 Å². The first-order valence-electron chi connectivity index (χ1n) is 10.3. The number of rotatable bonds is 5. The standard InChI is InChI=1S/C22H27N3O3S/c1-16(17-7-11-23-12-8-17)24-22(26)19-9-13-25(14-10-19)29(27,28)21-6-5-18-3-2-4-20(18)15-21/h5-8,11-12,15-16,19H,2-4,9-10,13-14H2,1H3,(H,24,26)/t16-/m0/s1. The Labute approximate surface area is 172 Å². The largest absolute Gasteiger partial charge is 0.349 e. The van der Waals surface area contributed by atoms with Crippen LogP contribution in [0.15, 0.2) is 47.6 Å². The van der Waals surface area contributed by atoms with Gasteiger partial charge >= 0.3 is 0 Å². The number of hydrogen-bond acceptors (Lipinski definition) is 4. The molecule has 6 nitrogen and oxygen atoms in total. The van der Waals surface area contributed by atoms with Crippen LogP contribution < -0.4 is 5.32 Å². The van der Waals surface area contributed by atoms with Crippen molar-refractivity contribution < 1.29 is 13.2 Å². The van der Waals surface area contributed by atoms with E-state index in [0.717, 1.165) is 30.4 Å². The van der Waals surface area contributed by atoms with Crippen LogP contribution in [-0.4, -0.2) is 36.7 Å². The number of carbonyl (C=O) groups is 1. The lowest BCUT2D eigenvalue weighted by Gasteiger charge is -2.31. The van der Waals surface area contributed by atoms with E-state index in [9.17, 15) is 13.2 Å². The summed E-state index contributed by atoms with van der Waals surface area (Å²) >= 11 is 0. The second-order valence-electron chi connectivity index (χ2n) is 7.97. The summed E-state index contributed by atoms with van der Waals surface area (Å²) in [5.74, 6) is -0.172. The maximum Gasteiger partial charge on any atom is 0.243 e. The zero-order valence-electron chi connectivity index (χ0n) is 16.7. The molecule has 1 amide bonds. The first kappa shape index (κ1) is 20.0. The minimum atomic E-state index is -3.50. The number of sulfonamides is 1. The summed E-state index contributed by atoms with van der Waals surface area (Å²) in [6, 6.07) is 9.20. The van der Waals surface area contributed by atoms with Crippen LogP contribution in [0.5, 0.6) is 0 Å². The molecule has 1 aromatic heterocycles. The Morgan fingerprint density at radius 1 is 1.10 bits per heavy atom. The lowest BCUT2D eigenvalue weighted by atomic mass is 9.96. The van der Waals surface area contributed by atoms with E-state index in [2.05, 4.69) is 10.3 Å². The first-order valence-corrected chi connectivity index (χ1v) is 11.7. The number of aromatic nitrogens is 1. The predicted octanol–water partition coefficient (Wildman–Crippen LogP) is 2.85. The van der Waals surface area contributed by atoms with Gasteiger partial charge in [-0.2, -0.15) is 4.31 Å². The van der Waals surface area contributed by atoms with Crippen LogP contribution in [0.4, 0.5) is 0 Å². The second kappa shape index (κ2) is 8.24. The fourth-order valence-corrected chi connectivity index (χ4v) is 5.80. The topological polar surface area (TPSA) is 79.4 Å². The average Bonchev–Trinajstić information content (AvgIpc) is 3.22. The third-order valence-electron chi connectivity index (χ3n) is 6.10. The Morgan fingerprint density at radius 3 is 2.52 bits per heavy atom. The lowest BCUT2D eigenvalue weighted by Crippen LogP contribution is -2.43. The summed E-state index contributed by atoms with van der Waals surface area (Å²) in [7, 11) is -3.50. The zero-order chi connectivity index (χ0) is 20.4. The molecule has 4 rings (SSSR count). The quantitative estimate of drug-likeness (QED) is 0.817. The lowest BCUT2D eigenvalue weighted by molar-refractivity contribution is -0.126. The molecule has 1 atom stereocenters. The van der Waals surface area contributed by atoms with Crippen molar-refractivity contribution in [1.29, 1.82) is 0 Å². The van der Waals surface area contributed by atoms with Gasteiger partial charge in [-0.1, -0.05) is 6.07 Å². The molecule has 0 radical (unpaired) electrons. The molecule has 1 N–H and O–H groups in total. The van der Waals surface area contributed by atoms with Gasteiger partial charge in [0.2, 0.25) is 15.9 Å². The average molecular weight is 414 g/mol. The summed E-state index contributed by atoms with van der Waals surface area (Å²) in [5.41, 5.74) is 3.43. The molecular formula is C22H27N3O3S. The summed E-state index contributed by atoms with van der Waals surface area (Å²) in [6.07, 6.45) is 7.58. The van der Waals surface area contributed by atoms with Gasteiger partial charge in [-0.3, -0.25) is 9.78 Å². The van der Waals surface area contributed by atoms with E-state index in [-0.39, 0.29) is 17.9 Å². The van der Waals surface area contributed by atoms with Crippen molar-refractivity contribution in [1.82, 2.24) is 14.6 Å². The van der Waals surface area contributed by atoms with Gasteiger partial charge in [0.15, 0.2) is 0 Å². The van der Waals surface area contributed by atoms with E-state index in [1.54, 1.807) is 18.5 Å². The molecule has 154 valence electrons. The minimum absolute atomic E-state index is 0.0103. The molecule has 0 unspecified atom stereocenters. The van der Waals surface area contributed by atoms with Crippen LogP contribution >= 0.6 is 0 Å². The monoisotopic (exact) mass is 413 g/mol. The number of benzene rings is 1. The third-order valence-corrected chi connectivity index (χ3v) is 7.99. The molecule has 1 aliphatic carbocycles. The zero-order valence-corrected chi connectivity index (χ0v) is 17.5. The number of hydrogen-bond donors (Lipinski definition) is 1. The van der Waals surface area contributed by atoms with Crippen molar-refractivity contribution in [3.8, 4) is 0 Å². The van der Waals surface area contributed by atoms with Gasteiger partial charge in [-0.05, 0) is 80.0 Å². The summed E-state index contributed by atoms with van der Waals surface area (Å²) in [6.45, 7) is 2.70. The normalized spacial score (nSPS) is 18.9. The van der Waals surface area contributed by atoms with Crippen molar-refractivity contribution in [2.75, 3.05) is 13.1 Å². The molecule has 1 aliphatic heterocycles. The molecule has 29 heavy (non-hydrogen) atoms. The van der Waals surface area contributed by atoms with E-state index >= 15 is 0 Å². The maximum atomic E-state index is 13.0. The number of nitrogens with zero attached hydrogens (tertiary/aromatic N) is 2. The number of piperidine rings is 1. The van der Waals surface area contributed by atoms with E-state index in [0.29, 0.717) is 30.8 Å². The van der Waals surface area contributed by atoms with Gasteiger partial charge in [-0.15, -0.1) is 0 Å². The number of carbonyl (C=O) groups excluding carboxylic acids is 1. The number of amides is 1. The number of nitrogens with one attached hydrogen (secondary N) is 1. The van der Waals surface area contributed by atoms with Gasteiger partial charge in [0.05, 0.1) is 10.9 Å². The van der Waals surface area contributed by atoms with Gasteiger partial charge in [-0.25, -0.2) is 8.42 Å². The molecule has 2 aliphatic rings. The SMILES string of the molecule is C[C@H](NC(=O)C1CCN(S(=O)(=O)c2ccc3c(c2)CCC3)CC1)c1ccncc1. The first-order chi connectivity index (χ1) is 13.9. The molecular weight excluding hydrogens is 386 g/mol. The van der Waals surface area contributed by atoms with Crippen LogP contribution in [0.2, 0.25) is 0 Å². The predicted molar refractivity (Wildman–Crippen MR) is 111 cm³/mol. The van der Waals surface area contributed by atoms with Gasteiger partial charge in [0, 0.05) is 31.4 Å². The van der Waals surface area contributed by atoms with Gasteiger partial charge < -0.3 is 5.32 Å². The van der Waals surface area contributed by atoms with Crippen molar-refractivity contribution >= 4 is 15.9 Å². The summed E-state index contributed by atoms with van der Waals surface area (Å²) in [4.78, 5) is 17.0. The van der Waals surface area contributed by atoms with Gasteiger partial charge in [0.1, 0.15) is 0 Å². The Balaban J connectivity index is 1.37. The fraction of sp³-hybridized carbons (Fsp3) is 0.455. The van der Waals surface area contributed by atoms with E-state index in [1.165, 1.54) is 9.87 Å². The Kier molecular flexibility index (Phi) is 5.69. The Bertz CT molecular complexity index is 984. The smallest absolute Gasteiger partial charge is 0.243 e. The highest BCUT2D eigenvalue weighted by molar-refractivity contribution is 7.89. The number of aryl methyl sites for hydroxylation is 2. The highest BCUT2D eigenvalue weighted by Gasteiger charge is 2.33.